The number of likely N-dealkylation sites (N-methyl/N-ethyl adjacent to an activating group) is 1. The number of rotatable bonds is 6. The van der Waals surface area contributed by atoms with Crippen LogP contribution in [-0.4, -0.2) is 31.3 Å². The molecule has 0 atom stereocenters. The number of hydrogen-bond acceptors (Lipinski definition) is 3. The molecule has 0 aromatic carbocycles. The average molecular weight is 322 g/mol. The lowest BCUT2D eigenvalue weighted by atomic mass is 10.3. The highest BCUT2D eigenvalue weighted by Crippen LogP contribution is 2.22. The molecule has 1 rings (SSSR count). The molecule has 0 amide bonds. The van der Waals surface area contributed by atoms with Crippen LogP contribution < -0.4 is 4.90 Å². The molecule has 1 aromatic heterocycles. The Kier molecular flexibility index (Phi) is 6.23. The molecule has 0 fully saturated rings. The molecule has 1 heterocycles. The van der Waals surface area contributed by atoms with Crippen LogP contribution in [0.4, 0.5) is 5.82 Å². The van der Waals surface area contributed by atoms with Gasteiger partial charge in [-0.05, 0) is 35.8 Å². The average Bonchev–Trinajstić information content (AvgIpc) is 2.28. The van der Waals surface area contributed by atoms with E-state index in [0.717, 1.165) is 22.4 Å². The Morgan fingerprint density at radius 2 is 2.24 bits per heavy atom. The van der Waals surface area contributed by atoms with Gasteiger partial charge in [-0.2, -0.15) is 0 Å². The van der Waals surface area contributed by atoms with E-state index < -0.39 is 0 Å². The Labute approximate surface area is 116 Å². The molecule has 17 heavy (non-hydrogen) atoms. The van der Waals surface area contributed by atoms with Crippen LogP contribution in [-0.2, 0) is 10.6 Å². The standard InChI is InChI=1S/C12H18BrClN2O/c1-9(2)17-5-4-16(3)12-10(7-14)6-11(13)8-15-12/h6,8-9H,4-5,7H2,1-3H3. The highest BCUT2D eigenvalue weighted by Gasteiger charge is 2.09. The minimum absolute atomic E-state index is 0.258. The summed E-state index contributed by atoms with van der Waals surface area (Å²) < 4.78 is 6.47. The van der Waals surface area contributed by atoms with Crippen molar-refractivity contribution in [2.75, 3.05) is 25.1 Å². The number of anilines is 1. The van der Waals surface area contributed by atoms with Crippen LogP contribution in [0.25, 0.3) is 0 Å². The number of pyridine rings is 1. The number of aromatic nitrogens is 1. The van der Waals surface area contributed by atoms with E-state index in [9.17, 15) is 0 Å². The molecule has 0 aliphatic rings. The third-order valence-electron chi connectivity index (χ3n) is 2.29. The van der Waals surface area contributed by atoms with Gasteiger partial charge in [0.15, 0.2) is 0 Å². The van der Waals surface area contributed by atoms with Gasteiger partial charge in [-0.1, -0.05) is 0 Å². The van der Waals surface area contributed by atoms with Gasteiger partial charge in [-0.15, -0.1) is 11.6 Å². The highest BCUT2D eigenvalue weighted by atomic mass is 79.9. The maximum atomic E-state index is 5.91. The van der Waals surface area contributed by atoms with Gasteiger partial charge in [-0.25, -0.2) is 4.98 Å². The normalized spacial score (nSPS) is 10.9. The molecule has 0 unspecified atom stereocenters. The van der Waals surface area contributed by atoms with Crippen molar-refractivity contribution in [3.05, 3.63) is 22.3 Å². The van der Waals surface area contributed by atoms with Gasteiger partial charge < -0.3 is 9.64 Å². The molecule has 1 aromatic rings. The smallest absolute Gasteiger partial charge is 0.132 e. The zero-order chi connectivity index (χ0) is 12.8. The van der Waals surface area contributed by atoms with E-state index in [1.165, 1.54) is 0 Å². The van der Waals surface area contributed by atoms with Crippen LogP contribution in [0, 0.1) is 0 Å². The van der Waals surface area contributed by atoms with Crippen LogP contribution in [0.5, 0.6) is 0 Å². The monoisotopic (exact) mass is 320 g/mol. The van der Waals surface area contributed by atoms with E-state index in [1.807, 2.05) is 27.0 Å². The van der Waals surface area contributed by atoms with E-state index in [1.54, 1.807) is 6.20 Å². The third-order valence-corrected chi connectivity index (χ3v) is 3.01. The Morgan fingerprint density at radius 3 is 2.82 bits per heavy atom. The van der Waals surface area contributed by atoms with Crippen molar-refractivity contribution in [1.29, 1.82) is 0 Å². The first kappa shape index (κ1) is 14.7. The largest absolute Gasteiger partial charge is 0.377 e. The fourth-order valence-electron chi connectivity index (χ4n) is 1.45. The summed E-state index contributed by atoms with van der Waals surface area (Å²) in [5, 5.41) is 0. The number of nitrogens with zero attached hydrogens (tertiary/aromatic N) is 2. The van der Waals surface area contributed by atoms with Crippen molar-refractivity contribution in [3.8, 4) is 0 Å². The quantitative estimate of drug-likeness (QED) is 0.751. The molecule has 0 bridgehead atoms. The van der Waals surface area contributed by atoms with Crippen molar-refractivity contribution < 1.29 is 4.74 Å². The van der Waals surface area contributed by atoms with Crippen LogP contribution >= 0.6 is 27.5 Å². The molecule has 0 aliphatic heterocycles. The minimum Gasteiger partial charge on any atom is -0.377 e. The molecule has 0 saturated heterocycles. The van der Waals surface area contributed by atoms with E-state index in [4.69, 9.17) is 16.3 Å². The van der Waals surface area contributed by atoms with Crippen LogP contribution in [0.3, 0.4) is 0 Å². The van der Waals surface area contributed by atoms with E-state index >= 15 is 0 Å². The van der Waals surface area contributed by atoms with Crippen LogP contribution in [0.15, 0.2) is 16.7 Å². The molecule has 5 heteroatoms. The summed E-state index contributed by atoms with van der Waals surface area (Å²) in [6, 6.07) is 2.00. The zero-order valence-corrected chi connectivity index (χ0v) is 12.8. The lowest BCUT2D eigenvalue weighted by molar-refractivity contribution is 0.0845. The minimum atomic E-state index is 0.258. The van der Waals surface area contributed by atoms with Crippen molar-refractivity contribution in [2.24, 2.45) is 0 Å². The van der Waals surface area contributed by atoms with E-state index in [0.29, 0.717) is 12.5 Å². The first-order valence-corrected chi connectivity index (χ1v) is 6.90. The SMILES string of the molecule is CC(C)OCCN(C)c1ncc(Br)cc1CCl. The summed E-state index contributed by atoms with van der Waals surface area (Å²) in [7, 11) is 2.00. The van der Waals surface area contributed by atoms with Crippen molar-refractivity contribution in [1.82, 2.24) is 4.98 Å². The van der Waals surface area contributed by atoms with Crippen LogP contribution in [0.1, 0.15) is 19.4 Å². The Hall–Kier alpha value is -0.320. The number of alkyl halides is 1. The number of halogens is 2. The molecule has 0 saturated carbocycles. The molecule has 0 spiro atoms. The maximum absolute atomic E-state index is 5.91. The van der Waals surface area contributed by atoms with E-state index in [-0.39, 0.29) is 6.10 Å². The molecule has 3 nitrogen and oxygen atoms in total. The highest BCUT2D eigenvalue weighted by molar-refractivity contribution is 9.10. The van der Waals surface area contributed by atoms with Gasteiger partial charge >= 0.3 is 0 Å². The second kappa shape index (κ2) is 7.19. The van der Waals surface area contributed by atoms with Crippen molar-refractivity contribution >= 4 is 33.3 Å². The van der Waals surface area contributed by atoms with Crippen molar-refractivity contribution in [2.45, 2.75) is 25.8 Å². The van der Waals surface area contributed by atoms with E-state index in [2.05, 4.69) is 25.8 Å². The predicted octanol–water partition coefficient (Wildman–Crippen LogP) is 3.44. The maximum Gasteiger partial charge on any atom is 0.132 e. The second-order valence-corrected chi connectivity index (χ2v) is 5.29. The summed E-state index contributed by atoms with van der Waals surface area (Å²) in [6.45, 7) is 5.55. The lowest BCUT2D eigenvalue weighted by Gasteiger charge is -2.21. The van der Waals surface area contributed by atoms with Crippen molar-refractivity contribution in [3.63, 3.8) is 0 Å². The summed E-state index contributed by atoms with van der Waals surface area (Å²) in [5.41, 5.74) is 1.02. The molecule has 0 radical (unpaired) electrons. The molecule has 96 valence electrons. The first-order chi connectivity index (χ1) is 8.04. The third kappa shape index (κ3) is 4.82. The van der Waals surface area contributed by atoms with Crippen LogP contribution in [0.2, 0.25) is 0 Å². The second-order valence-electron chi connectivity index (χ2n) is 4.11. The summed E-state index contributed by atoms with van der Waals surface area (Å²) >= 11 is 9.31. The Balaban J connectivity index is 2.64. The summed E-state index contributed by atoms with van der Waals surface area (Å²) in [4.78, 5) is 6.45. The fourth-order valence-corrected chi connectivity index (χ4v) is 2.02. The summed E-state index contributed by atoms with van der Waals surface area (Å²) in [5.74, 6) is 1.37. The van der Waals surface area contributed by atoms with Gasteiger partial charge in [0.1, 0.15) is 5.82 Å². The fraction of sp³-hybridized carbons (Fsp3) is 0.583. The molecular formula is C12H18BrClN2O. The number of ether oxygens (including phenoxy) is 1. The number of hydrogen-bond donors (Lipinski definition) is 0. The lowest BCUT2D eigenvalue weighted by Crippen LogP contribution is -2.25. The molecule has 0 aliphatic carbocycles. The predicted molar refractivity (Wildman–Crippen MR) is 75.9 cm³/mol. The zero-order valence-electron chi connectivity index (χ0n) is 10.4. The summed E-state index contributed by atoms with van der Waals surface area (Å²) in [6.07, 6.45) is 2.04. The van der Waals surface area contributed by atoms with Gasteiger partial charge in [0.05, 0.1) is 18.6 Å². The Bertz CT molecular complexity index is 360. The first-order valence-electron chi connectivity index (χ1n) is 5.57. The van der Waals surface area contributed by atoms with Gasteiger partial charge in [0, 0.05) is 29.8 Å². The topological polar surface area (TPSA) is 25.4 Å². The molecule has 0 N–H and O–H groups in total. The Morgan fingerprint density at radius 1 is 1.53 bits per heavy atom. The van der Waals surface area contributed by atoms with Gasteiger partial charge in [-0.3, -0.25) is 0 Å². The molecular weight excluding hydrogens is 304 g/mol. The van der Waals surface area contributed by atoms with Gasteiger partial charge in [0.2, 0.25) is 0 Å². The van der Waals surface area contributed by atoms with Gasteiger partial charge in [0.25, 0.3) is 0 Å².